The normalized spacial score (nSPS) is 14.6. The van der Waals surface area contributed by atoms with Gasteiger partial charge in [0.15, 0.2) is 0 Å². The molecule has 110 valence electrons. The third-order valence-corrected chi connectivity index (χ3v) is 3.65. The van der Waals surface area contributed by atoms with E-state index in [9.17, 15) is 9.59 Å². The number of carbonyl (C=O) groups excluding carboxylic acids is 1. The van der Waals surface area contributed by atoms with Crippen molar-refractivity contribution in [1.82, 2.24) is 4.90 Å². The van der Waals surface area contributed by atoms with Crippen molar-refractivity contribution in [3.05, 3.63) is 40.2 Å². The smallest absolute Gasteiger partial charge is 0.337 e. The predicted octanol–water partition coefficient (Wildman–Crippen LogP) is 2.43. The van der Waals surface area contributed by atoms with Crippen molar-refractivity contribution in [3.63, 3.8) is 0 Å². The van der Waals surface area contributed by atoms with Gasteiger partial charge in [0.2, 0.25) is 0 Å². The molecule has 1 amide bonds. The molecule has 2 heterocycles. The van der Waals surface area contributed by atoms with Crippen LogP contribution < -0.4 is 10.4 Å². The summed E-state index contributed by atoms with van der Waals surface area (Å²) >= 11 is 0. The first-order valence-corrected chi connectivity index (χ1v) is 7.19. The third kappa shape index (κ3) is 2.63. The maximum Gasteiger partial charge on any atom is 0.337 e. The highest BCUT2D eigenvalue weighted by atomic mass is 16.5. The highest BCUT2D eigenvalue weighted by Gasteiger charge is 2.22. The number of amides is 1. The first kappa shape index (κ1) is 13.7. The van der Waals surface area contributed by atoms with Crippen LogP contribution in [0.5, 0.6) is 5.75 Å². The summed E-state index contributed by atoms with van der Waals surface area (Å²) in [5.41, 5.74) is 0.279. The van der Waals surface area contributed by atoms with E-state index < -0.39 is 5.63 Å². The van der Waals surface area contributed by atoms with Gasteiger partial charge in [-0.1, -0.05) is 0 Å². The molecule has 5 heteroatoms. The lowest BCUT2D eigenvalue weighted by Gasteiger charge is -2.16. The van der Waals surface area contributed by atoms with E-state index in [4.69, 9.17) is 9.15 Å². The van der Waals surface area contributed by atoms with Gasteiger partial charge >= 0.3 is 5.63 Å². The molecule has 0 spiro atoms. The average molecular weight is 287 g/mol. The topological polar surface area (TPSA) is 59.8 Å². The van der Waals surface area contributed by atoms with Crippen LogP contribution in [0.2, 0.25) is 0 Å². The molecule has 2 aromatic rings. The Balaban J connectivity index is 2.09. The molecule has 1 aliphatic heterocycles. The molecule has 0 N–H and O–H groups in total. The van der Waals surface area contributed by atoms with Gasteiger partial charge in [-0.15, -0.1) is 0 Å². The van der Waals surface area contributed by atoms with Crippen LogP contribution in [-0.4, -0.2) is 30.5 Å². The molecule has 1 aromatic heterocycles. The summed E-state index contributed by atoms with van der Waals surface area (Å²) in [4.78, 5) is 26.0. The van der Waals surface area contributed by atoms with E-state index in [1.54, 1.807) is 23.1 Å². The number of carbonyl (C=O) groups is 1. The second kappa shape index (κ2) is 5.60. The van der Waals surface area contributed by atoms with E-state index in [1.165, 1.54) is 6.07 Å². The highest BCUT2D eigenvalue weighted by molar-refractivity contribution is 6.05. The number of benzene rings is 1. The van der Waals surface area contributed by atoms with Crippen LogP contribution in [0.15, 0.2) is 33.5 Å². The van der Waals surface area contributed by atoms with E-state index in [1.807, 2.05) is 6.92 Å². The zero-order chi connectivity index (χ0) is 14.8. The van der Waals surface area contributed by atoms with Crippen molar-refractivity contribution in [1.29, 1.82) is 0 Å². The van der Waals surface area contributed by atoms with Crippen molar-refractivity contribution >= 4 is 16.9 Å². The standard InChI is InChI=1S/C16H17NO4/c1-2-20-11-5-6-12-13(10-15(18)21-14(12)9-11)16(19)17-7-3-4-8-17/h5-6,9-10H,2-4,7-8H2,1H3. The fourth-order valence-corrected chi connectivity index (χ4v) is 2.67. The van der Waals surface area contributed by atoms with Crippen LogP contribution in [-0.2, 0) is 0 Å². The number of fused-ring (bicyclic) bond motifs is 1. The number of rotatable bonds is 3. The number of hydrogen-bond acceptors (Lipinski definition) is 4. The van der Waals surface area contributed by atoms with Gasteiger partial charge in [0.1, 0.15) is 11.3 Å². The SMILES string of the molecule is CCOc1ccc2c(C(=O)N3CCCC3)cc(=O)oc2c1. The minimum Gasteiger partial charge on any atom is -0.494 e. The van der Waals surface area contributed by atoms with Gasteiger partial charge in [0, 0.05) is 30.6 Å². The Bertz CT molecular complexity index is 729. The van der Waals surface area contributed by atoms with Crippen molar-refractivity contribution in [2.75, 3.05) is 19.7 Å². The monoisotopic (exact) mass is 287 g/mol. The molecule has 0 unspecified atom stereocenters. The molecular formula is C16H17NO4. The molecule has 0 atom stereocenters. The van der Waals surface area contributed by atoms with E-state index in [-0.39, 0.29) is 5.91 Å². The largest absolute Gasteiger partial charge is 0.494 e. The lowest BCUT2D eigenvalue weighted by atomic mass is 10.1. The van der Waals surface area contributed by atoms with Gasteiger partial charge in [-0.2, -0.15) is 0 Å². The van der Waals surface area contributed by atoms with Gasteiger partial charge in [-0.25, -0.2) is 4.79 Å². The van der Waals surface area contributed by atoms with E-state index in [2.05, 4.69) is 0 Å². The van der Waals surface area contributed by atoms with Gasteiger partial charge in [-0.05, 0) is 31.9 Å². The molecule has 1 saturated heterocycles. The molecule has 0 radical (unpaired) electrons. The second-order valence-electron chi connectivity index (χ2n) is 5.07. The third-order valence-electron chi connectivity index (χ3n) is 3.65. The fourth-order valence-electron chi connectivity index (χ4n) is 2.67. The summed E-state index contributed by atoms with van der Waals surface area (Å²) < 4.78 is 10.6. The van der Waals surface area contributed by atoms with Crippen molar-refractivity contribution < 1.29 is 13.9 Å². The molecule has 5 nitrogen and oxygen atoms in total. The first-order chi connectivity index (χ1) is 10.2. The Morgan fingerprint density at radius 2 is 2.05 bits per heavy atom. The molecule has 0 aliphatic carbocycles. The quantitative estimate of drug-likeness (QED) is 0.813. The number of likely N-dealkylation sites (tertiary alicyclic amines) is 1. The second-order valence-corrected chi connectivity index (χ2v) is 5.07. The Morgan fingerprint density at radius 3 is 2.76 bits per heavy atom. The maximum atomic E-state index is 12.5. The minimum atomic E-state index is -0.515. The van der Waals surface area contributed by atoms with Crippen LogP contribution in [0, 0.1) is 0 Å². The molecule has 0 bridgehead atoms. The summed E-state index contributed by atoms with van der Waals surface area (Å²) in [5.74, 6) is 0.522. The molecule has 21 heavy (non-hydrogen) atoms. The predicted molar refractivity (Wildman–Crippen MR) is 78.8 cm³/mol. The Hall–Kier alpha value is -2.30. The van der Waals surface area contributed by atoms with Gasteiger partial charge in [0.25, 0.3) is 5.91 Å². The van der Waals surface area contributed by atoms with E-state index >= 15 is 0 Å². The molecule has 1 aromatic carbocycles. The van der Waals surface area contributed by atoms with E-state index in [0.29, 0.717) is 28.9 Å². The van der Waals surface area contributed by atoms with Crippen LogP contribution in [0.25, 0.3) is 11.0 Å². The summed E-state index contributed by atoms with van der Waals surface area (Å²) in [6.45, 7) is 3.91. The van der Waals surface area contributed by atoms with Crippen molar-refractivity contribution in [2.24, 2.45) is 0 Å². The Morgan fingerprint density at radius 1 is 1.29 bits per heavy atom. The number of nitrogens with zero attached hydrogens (tertiary/aromatic N) is 1. The Labute approximate surface area is 122 Å². The Kier molecular flexibility index (Phi) is 3.64. The van der Waals surface area contributed by atoms with Gasteiger partial charge in [-0.3, -0.25) is 4.79 Å². The molecule has 3 rings (SSSR count). The van der Waals surface area contributed by atoms with Crippen LogP contribution in [0.1, 0.15) is 30.1 Å². The average Bonchev–Trinajstić information content (AvgIpc) is 3.00. The first-order valence-electron chi connectivity index (χ1n) is 7.19. The summed E-state index contributed by atoms with van der Waals surface area (Å²) in [6, 6.07) is 6.49. The number of hydrogen-bond donors (Lipinski definition) is 0. The van der Waals surface area contributed by atoms with Gasteiger partial charge in [0.05, 0.1) is 12.2 Å². The summed E-state index contributed by atoms with van der Waals surface area (Å²) in [5, 5.41) is 0.648. The van der Waals surface area contributed by atoms with Gasteiger partial charge < -0.3 is 14.1 Å². The fraction of sp³-hybridized carbons (Fsp3) is 0.375. The summed E-state index contributed by atoms with van der Waals surface area (Å²) in [6.07, 6.45) is 2.03. The lowest BCUT2D eigenvalue weighted by molar-refractivity contribution is 0.0794. The zero-order valence-electron chi connectivity index (χ0n) is 11.9. The van der Waals surface area contributed by atoms with Crippen LogP contribution >= 0.6 is 0 Å². The minimum absolute atomic E-state index is 0.102. The molecule has 1 fully saturated rings. The van der Waals surface area contributed by atoms with Crippen molar-refractivity contribution in [2.45, 2.75) is 19.8 Å². The van der Waals surface area contributed by atoms with Crippen LogP contribution in [0.4, 0.5) is 0 Å². The number of ether oxygens (including phenoxy) is 1. The molecular weight excluding hydrogens is 270 g/mol. The van der Waals surface area contributed by atoms with E-state index in [0.717, 1.165) is 25.9 Å². The van der Waals surface area contributed by atoms with Crippen molar-refractivity contribution in [3.8, 4) is 5.75 Å². The zero-order valence-corrected chi connectivity index (χ0v) is 11.9. The van der Waals surface area contributed by atoms with Crippen LogP contribution in [0.3, 0.4) is 0 Å². The highest BCUT2D eigenvalue weighted by Crippen LogP contribution is 2.24. The molecule has 0 saturated carbocycles. The maximum absolute atomic E-state index is 12.5. The summed E-state index contributed by atoms with van der Waals surface area (Å²) in [7, 11) is 0. The molecule has 1 aliphatic rings. The lowest BCUT2D eigenvalue weighted by Crippen LogP contribution is -2.28.